The van der Waals surface area contributed by atoms with E-state index < -0.39 is 43.3 Å². The van der Waals surface area contributed by atoms with Gasteiger partial charge in [0.2, 0.25) is 0 Å². The van der Waals surface area contributed by atoms with E-state index in [1.165, 1.54) is 22.5 Å². The fourth-order valence-electron chi connectivity index (χ4n) is 4.32. The minimum absolute atomic E-state index is 0.0236. The number of hydrogen-bond acceptors (Lipinski definition) is 6. The number of benzene rings is 2. The number of ether oxygens (including phenoxy) is 1. The van der Waals surface area contributed by atoms with E-state index in [1.807, 2.05) is 6.92 Å². The molecular formula is C22H26ClFN4O7S2. The standard InChI is InChI=1S/C22H26ClFN4O7S2/c1-14-4-2-3-9-27(14)37(33,34)25-12-16-13-28(36(31,32)17-6-7-19(24)18(23)11-17)20-10-15(26-22(29)30)5-8-21(20)35-16/h5-8,10-11,14,16,25-26H,2-4,9,12-13H2,1H3,(H,29,30)/t14?,16-/m0/s1. The number of sulfonamides is 1. The smallest absolute Gasteiger partial charge is 0.409 e. The molecule has 2 heterocycles. The molecule has 0 radical (unpaired) electrons. The Hall–Kier alpha value is -2.65. The molecule has 1 saturated heterocycles. The molecule has 2 atom stereocenters. The Morgan fingerprint density at radius 2 is 1.95 bits per heavy atom. The molecule has 4 rings (SSSR count). The predicted octanol–water partition coefficient (Wildman–Crippen LogP) is 3.23. The Balaban J connectivity index is 1.65. The molecule has 1 unspecified atom stereocenters. The molecule has 2 aliphatic heterocycles. The molecule has 0 aromatic heterocycles. The summed E-state index contributed by atoms with van der Waals surface area (Å²) in [6, 6.07) is 6.82. The average Bonchev–Trinajstić information content (AvgIpc) is 2.83. The van der Waals surface area contributed by atoms with Crippen LogP contribution in [0.1, 0.15) is 26.2 Å². The minimum Gasteiger partial charge on any atom is -0.485 e. The lowest BCUT2D eigenvalue weighted by Crippen LogP contribution is -2.52. The van der Waals surface area contributed by atoms with Crippen LogP contribution in [0, 0.1) is 5.82 Å². The van der Waals surface area contributed by atoms with Crippen LogP contribution in [0.25, 0.3) is 0 Å². The van der Waals surface area contributed by atoms with Crippen LogP contribution in [0.2, 0.25) is 5.02 Å². The summed E-state index contributed by atoms with van der Waals surface area (Å²) < 4.78 is 77.5. The van der Waals surface area contributed by atoms with Crippen LogP contribution < -0.4 is 19.1 Å². The van der Waals surface area contributed by atoms with E-state index in [1.54, 1.807) is 0 Å². The van der Waals surface area contributed by atoms with E-state index in [9.17, 15) is 26.0 Å². The summed E-state index contributed by atoms with van der Waals surface area (Å²) in [6.07, 6.45) is 0.154. The Labute approximate surface area is 219 Å². The van der Waals surface area contributed by atoms with Crippen LogP contribution in [0.5, 0.6) is 5.75 Å². The highest BCUT2D eigenvalue weighted by Gasteiger charge is 2.37. The lowest BCUT2D eigenvalue weighted by molar-refractivity contribution is 0.200. The first-order valence-electron chi connectivity index (χ1n) is 11.4. The van der Waals surface area contributed by atoms with Crippen LogP contribution in [-0.2, 0) is 20.2 Å². The van der Waals surface area contributed by atoms with Crippen molar-refractivity contribution in [1.29, 1.82) is 0 Å². The topological polar surface area (TPSA) is 145 Å². The van der Waals surface area contributed by atoms with Crippen molar-refractivity contribution in [2.45, 2.75) is 43.2 Å². The van der Waals surface area contributed by atoms with Crippen molar-refractivity contribution < 1.29 is 35.9 Å². The van der Waals surface area contributed by atoms with Crippen molar-refractivity contribution in [1.82, 2.24) is 9.03 Å². The lowest BCUT2D eigenvalue weighted by atomic mass is 10.1. The first-order chi connectivity index (χ1) is 17.4. The van der Waals surface area contributed by atoms with E-state index in [-0.39, 0.29) is 41.2 Å². The van der Waals surface area contributed by atoms with E-state index in [0.717, 1.165) is 41.8 Å². The van der Waals surface area contributed by atoms with E-state index in [4.69, 9.17) is 21.4 Å². The third-order valence-corrected chi connectivity index (χ3v) is 9.92. The maximum atomic E-state index is 13.7. The van der Waals surface area contributed by atoms with Crippen LogP contribution in [-0.4, -0.2) is 64.1 Å². The zero-order valence-corrected chi connectivity index (χ0v) is 22.1. The van der Waals surface area contributed by atoms with Crippen LogP contribution in [0.4, 0.5) is 20.6 Å². The van der Waals surface area contributed by atoms with Crippen molar-refractivity contribution in [2.24, 2.45) is 0 Å². The van der Waals surface area contributed by atoms with Gasteiger partial charge in [0.15, 0.2) is 0 Å². The number of fused-ring (bicyclic) bond motifs is 1. The zero-order valence-electron chi connectivity index (χ0n) is 19.7. The number of amides is 1. The number of anilines is 2. The number of nitrogens with one attached hydrogen (secondary N) is 2. The second kappa shape index (κ2) is 10.6. The summed E-state index contributed by atoms with van der Waals surface area (Å²) in [4.78, 5) is 10.8. The first kappa shape index (κ1) is 27.4. The number of halogens is 2. The van der Waals surface area contributed by atoms with Crippen LogP contribution in [0.15, 0.2) is 41.3 Å². The molecule has 0 saturated carbocycles. The molecule has 0 aliphatic carbocycles. The third-order valence-electron chi connectivity index (χ3n) is 6.17. The summed E-state index contributed by atoms with van der Waals surface area (Å²) in [6.45, 7) is 1.68. The third kappa shape index (κ3) is 5.93. The molecule has 1 amide bonds. The van der Waals surface area contributed by atoms with Crippen LogP contribution >= 0.6 is 11.6 Å². The van der Waals surface area contributed by atoms with Gasteiger partial charge in [-0.1, -0.05) is 18.0 Å². The normalized spacial score (nSPS) is 20.7. The second-order valence-electron chi connectivity index (χ2n) is 8.77. The molecule has 2 aromatic rings. The molecule has 0 spiro atoms. The highest BCUT2D eigenvalue weighted by atomic mass is 35.5. The summed E-state index contributed by atoms with van der Waals surface area (Å²) in [5, 5.41) is 10.8. The fraction of sp³-hybridized carbons (Fsp3) is 0.409. The summed E-state index contributed by atoms with van der Waals surface area (Å²) in [7, 11) is -8.18. The van der Waals surface area contributed by atoms with Gasteiger partial charge in [0.05, 0.1) is 28.7 Å². The van der Waals surface area contributed by atoms with Gasteiger partial charge in [-0.2, -0.15) is 17.4 Å². The summed E-state index contributed by atoms with van der Waals surface area (Å²) >= 11 is 5.82. The van der Waals surface area contributed by atoms with Crippen molar-refractivity contribution >= 4 is 49.3 Å². The molecule has 2 aromatic carbocycles. The average molecular weight is 577 g/mol. The SMILES string of the molecule is CC1CCCCN1S(=O)(=O)NC[C@H]1CN(S(=O)(=O)c2ccc(F)c(Cl)c2)c2cc(NC(=O)O)ccc2O1. The number of rotatable bonds is 7. The zero-order chi connectivity index (χ0) is 27.0. The molecule has 37 heavy (non-hydrogen) atoms. The molecule has 11 nitrogen and oxygen atoms in total. The summed E-state index contributed by atoms with van der Waals surface area (Å²) in [5.41, 5.74) is 0.112. The maximum absolute atomic E-state index is 13.7. The molecule has 202 valence electrons. The van der Waals surface area contributed by atoms with Gasteiger partial charge in [0.1, 0.15) is 17.7 Å². The quantitative estimate of drug-likeness (QED) is 0.459. The molecule has 3 N–H and O–H groups in total. The van der Waals surface area contributed by atoms with Gasteiger partial charge in [-0.05, 0) is 56.2 Å². The van der Waals surface area contributed by atoms with Crippen molar-refractivity contribution in [3.63, 3.8) is 0 Å². The van der Waals surface area contributed by atoms with Gasteiger partial charge in [-0.3, -0.25) is 9.62 Å². The number of nitrogens with zero attached hydrogens (tertiary/aromatic N) is 2. The van der Waals surface area contributed by atoms with Crippen molar-refractivity contribution in [3.8, 4) is 5.75 Å². The Kier molecular flexibility index (Phi) is 7.85. The van der Waals surface area contributed by atoms with Gasteiger partial charge in [-0.15, -0.1) is 0 Å². The first-order valence-corrected chi connectivity index (χ1v) is 14.7. The number of carbonyl (C=O) groups is 1. The monoisotopic (exact) mass is 576 g/mol. The number of piperidine rings is 1. The van der Waals surface area contributed by atoms with Gasteiger partial charge >= 0.3 is 6.09 Å². The van der Waals surface area contributed by atoms with Gasteiger partial charge < -0.3 is 9.84 Å². The highest BCUT2D eigenvalue weighted by Crippen LogP contribution is 2.39. The number of carboxylic acid groups (broad SMARTS) is 1. The highest BCUT2D eigenvalue weighted by molar-refractivity contribution is 7.92. The molecule has 15 heteroatoms. The molecule has 0 bridgehead atoms. The fourth-order valence-corrected chi connectivity index (χ4v) is 7.60. The maximum Gasteiger partial charge on any atom is 0.409 e. The number of hydrogen-bond donors (Lipinski definition) is 3. The Bertz CT molecular complexity index is 1410. The Morgan fingerprint density at radius 3 is 2.62 bits per heavy atom. The minimum atomic E-state index is -4.34. The van der Waals surface area contributed by atoms with Gasteiger partial charge in [0, 0.05) is 18.3 Å². The van der Waals surface area contributed by atoms with E-state index in [2.05, 4.69) is 10.0 Å². The molecule has 1 fully saturated rings. The van der Waals surface area contributed by atoms with Gasteiger partial charge in [0.25, 0.3) is 20.2 Å². The van der Waals surface area contributed by atoms with Gasteiger partial charge in [-0.25, -0.2) is 17.6 Å². The predicted molar refractivity (Wildman–Crippen MR) is 135 cm³/mol. The van der Waals surface area contributed by atoms with Crippen LogP contribution in [0.3, 0.4) is 0 Å². The lowest BCUT2D eigenvalue weighted by Gasteiger charge is -2.37. The van der Waals surface area contributed by atoms with E-state index in [0.29, 0.717) is 6.54 Å². The molecular weight excluding hydrogens is 551 g/mol. The molecule has 2 aliphatic rings. The second-order valence-corrected chi connectivity index (χ2v) is 12.8. The summed E-state index contributed by atoms with van der Waals surface area (Å²) in [5.74, 6) is -0.704. The Morgan fingerprint density at radius 1 is 1.19 bits per heavy atom. The largest absolute Gasteiger partial charge is 0.485 e. The van der Waals surface area contributed by atoms with Crippen molar-refractivity contribution in [2.75, 3.05) is 29.3 Å². The van der Waals surface area contributed by atoms with Crippen molar-refractivity contribution in [3.05, 3.63) is 47.2 Å². The van der Waals surface area contributed by atoms with E-state index >= 15 is 0 Å².